The standard InChI is InChI=1S/C92H62B2N6/c1-9-33-63(34-10-1)89-73-49-25-27-51-75(73)92(76-52-28-26-50-74(76)89)100-84-62-83-79(61-80(84)94-78-54-30-32-56-82(78)98(69-45-21-7-22-46-69)86-58-72(60-88(100)91(86)94)96(66-39-15-4-16-40-66)67-41-17-5-18-42-67)93-77-53-29-31-55-81(77)97(68-43-19-6-20-44-68)85-57-71(59-87(90(85)93)99(83)70-47-23-8-24-48-70)95(64-35-11-2-12-36-64)65-37-13-3-14-38-65/h1-62H. The van der Waals surface area contributed by atoms with Crippen LogP contribution in [0.5, 0.6) is 0 Å². The van der Waals surface area contributed by atoms with Crippen molar-refractivity contribution < 1.29 is 0 Å². The van der Waals surface area contributed by atoms with E-state index >= 15 is 0 Å². The molecule has 8 heteroatoms. The first-order chi connectivity index (χ1) is 49.7. The number of hydrogen-bond acceptors (Lipinski definition) is 6. The molecule has 100 heavy (non-hydrogen) atoms. The number of hydrogen-bond donors (Lipinski definition) is 0. The molecule has 20 rings (SSSR count). The van der Waals surface area contributed by atoms with Crippen molar-refractivity contribution in [2.75, 3.05) is 29.4 Å². The molecule has 0 aromatic heterocycles. The van der Waals surface area contributed by atoms with E-state index in [1.165, 1.54) is 54.7 Å². The summed E-state index contributed by atoms with van der Waals surface area (Å²) in [7, 11) is 0. The summed E-state index contributed by atoms with van der Waals surface area (Å²) in [5.74, 6) is 0. The molecule has 16 aromatic rings. The predicted octanol–water partition coefficient (Wildman–Crippen LogP) is 20.8. The predicted molar refractivity (Wildman–Crippen MR) is 424 cm³/mol. The molecule has 466 valence electrons. The molecule has 4 heterocycles. The van der Waals surface area contributed by atoms with E-state index in [1.807, 2.05) is 0 Å². The lowest BCUT2D eigenvalue weighted by Gasteiger charge is -2.48. The summed E-state index contributed by atoms with van der Waals surface area (Å²) in [4.78, 5) is 15.2. The molecule has 0 atom stereocenters. The van der Waals surface area contributed by atoms with Gasteiger partial charge in [0.15, 0.2) is 0 Å². The van der Waals surface area contributed by atoms with Crippen LogP contribution in [-0.2, 0) is 0 Å². The van der Waals surface area contributed by atoms with Gasteiger partial charge in [0.05, 0.1) is 17.1 Å². The molecule has 0 unspecified atom stereocenters. The van der Waals surface area contributed by atoms with E-state index in [0.29, 0.717) is 0 Å². The largest absolute Gasteiger partial charge is 0.311 e. The quantitative estimate of drug-likeness (QED) is 0.0943. The highest BCUT2D eigenvalue weighted by atomic mass is 15.2. The van der Waals surface area contributed by atoms with Crippen LogP contribution in [0.4, 0.5) is 102 Å². The summed E-state index contributed by atoms with van der Waals surface area (Å²) in [6.45, 7) is -0.431. The lowest BCUT2D eigenvalue weighted by Crippen LogP contribution is -2.65. The first kappa shape index (κ1) is 57.2. The summed E-state index contributed by atoms with van der Waals surface area (Å²) in [6, 6.07) is 140. The fourth-order valence-electron chi connectivity index (χ4n) is 16.9. The topological polar surface area (TPSA) is 19.4 Å². The van der Waals surface area contributed by atoms with E-state index in [2.05, 4.69) is 406 Å². The van der Waals surface area contributed by atoms with Crippen LogP contribution >= 0.6 is 0 Å². The van der Waals surface area contributed by atoms with Crippen molar-refractivity contribution >= 4 is 170 Å². The Labute approximate surface area is 583 Å². The number of para-hydroxylation sites is 9. The molecule has 0 radical (unpaired) electrons. The Kier molecular flexibility index (Phi) is 13.4. The Hall–Kier alpha value is -13.0. The van der Waals surface area contributed by atoms with Gasteiger partial charge < -0.3 is 29.4 Å². The van der Waals surface area contributed by atoms with Crippen LogP contribution in [0.2, 0.25) is 0 Å². The number of nitrogens with zero attached hydrogens (tertiary/aromatic N) is 6. The van der Waals surface area contributed by atoms with E-state index in [0.717, 1.165) is 113 Å². The van der Waals surface area contributed by atoms with Gasteiger partial charge in [0.25, 0.3) is 13.4 Å². The monoisotopic (exact) mass is 1270 g/mol. The Morgan fingerprint density at radius 3 is 0.870 bits per heavy atom. The number of fused-ring (bicyclic) bond motifs is 10. The van der Waals surface area contributed by atoms with Gasteiger partial charge in [-0.15, -0.1) is 0 Å². The van der Waals surface area contributed by atoms with Crippen molar-refractivity contribution in [1.29, 1.82) is 0 Å². The highest BCUT2D eigenvalue weighted by Crippen LogP contribution is 2.55. The zero-order chi connectivity index (χ0) is 65.8. The lowest BCUT2D eigenvalue weighted by atomic mass is 9.30. The molecular weight excluding hydrogens is 1210 g/mol. The maximum Gasteiger partial charge on any atom is 0.252 e. The van der Waals surface area contributed by atoms with E-state index in [4.69, 9.17) is 0 Å². The maximum atomic E-state index is 2.71. The molecule has 4 aliphatic heterocycles. The molecule has 6 nitrogen and oxygen atoms in total. The summed E-state index contributed by atoms with van der Waals surface area (Å²) in [5.41, 5.74) is 29.6. The second kappa shape index (κ2) is 23.4. The highest BCUT2D eigenvalue weighted by molar-refractivity contribution is 7.03. The van der Waals surface area contributed by atoms with Gasteiger partial charge in [0.1, 0.15) is 0 Å². The smallest absolute Gasteiger partial charge is 0.252 e. The minimum atomic E-state index is -0.229. The third kappa shape index (κ3) is 8.93. The molecule has 0 saturated carbocycles. The van der Waals surface area contributed by atoms with Crippen molar-refractivity contribution in [2.45, 2.75) is 0 Å². The van der Waals surface area contributed by atoms with E-state index in [1.54, 1.807) is 0 Å². The van der Waals surface area contributed by atoms with Crippen molar-refractivity contribution in [3.05, 3.63) is 376 Å². The average Bonchev–Trinajstić information content (AvgIpc) is 0.683. The van der Waals surface area contributed by atoms with Crippen molar-refractivity contribution in [3.63, 3.8) is 0 Å². The summed E-state index contributed by atoms with van der Waals surface area (Å²) in [6.07, 6.45) is 0. The van der Waals surface area contributed by atoms with Crippen LogP contribution in [-0.4, -0.2) is 13.4 Å². The molecule has 0 fully saturated rings. The summed E-state index contributed by atoms with van der Waals surface area (Å²) in [5, 5.41) is 4.68. The molecule has 16 aromatic carbocycles. The summed E-state index contributed by atoms with van der Waals surface area (Å²) >= 11 is 0. The third-order valence-corrected chi connectivity index (χ3v) is 20.8. The van der Waals surface area contributed by atoms with Gasteiger partial charge >= 0.3 is 0 Å². The molecule has 4 aliphatic rings. The van der Waals surface area contributed by atoms with Crippen molar-refractivity contribution in [1.82, 2.24) is 0 Å². The molecule has 0 amide bonds. The van der Waals surface area contributed by atoms with E-state index in [9.17, 15) is 0 Å². The molecule has 0 bridgehead atoms. The van der Waals surface area contributed by atoms with E-state index < -0.39 is 0 Å². The Morgan fingerprint density at radius 2 is 0.490 bits per heavy atom. The molecule has 0 aliphatic carbocycles. The van der Waals surface area contributed by atoms with Crippen LogP contribution in [0.15, 0.2) is 376 Å². The van der Waals surface area contributed by atoms with Crippen LogP contribution in [0.1, 0.15) is 0 Å². The highest BCUT2D eigenvalue weighted by Gasteiger charge is 2.49. The molecular formula is C92H62B2N6. The van der Waals surface area contributed by atoms with Gasteiger partial charge in [-0.1, -0.05) is 249 Å². The van der Waals surface area contributed by atoms with Crippen LogP contribution in [0.25, 0.3) is 32.7 Å². The van der Waals surface area contributed by atoms with Crippen LogP contribution in [0, 0.1) is 0 Å². The number of benzene rings is 16. The van der Waals surface area contributed by atoms with Gasteiger partial charge in [-0.25, -0.2) is 0 Å². The van der Waals surface area contributed by atoms with Gasteiger partial charge in [-0.2, -0.15) is 0 Å². The molecule has 0 spiro atoms. The van der Waals surface area contributed by atoms with Gasteiger partial charge in [-0.3, -0.25) is 0 Å². The van der Waals surface area contributed by atoms with Gasteiger partial charge in [0, 0.05) is 96.1 Å². The zero-order valence-electron chi connectivity index (χ0n) is 54.6. The van der Waals surface area contributed by atoms with E-state index in [-0.39, 0.29) is 13.4 Å². The van der Waals surface area contributed by atoms with Crippen molar-refractivity contribution in [3.8, 4) is 11.1 Å². The average molecular weight is 1270 g/mol. The normalized spacial score (nSPS) is 12.9. The minimum absolute atomic E-state index is 0.203. The van der Waals surface area contributed by atoms with Crippen LogP contribution < -0.4 is 62.2 Å². The third-order valence-electron chi connectivity index (χ3n) is 20.8. The zero-order valence-corrected chi connectivity index (χ0v) is 54.6. The Balaban J connectivity index is 0.957. The molecule has 0 N–H and O–H groups in total. The lowest BCUT2D eigenvalue weighted by molar-refractivity contribution is 1.22. The number of rotatable bonds is 11. The Morgan fingerprint density at radius 1 is 0.200 bits per heavy atom. The minimum Gasteiger partial charge on any atom is -0.311 e. The fourth-order valence-corrected chi connectivity index (χ4v) is 16.9. The number of anilines is 18. The van der Waals surface area contributed by atoms with Crippen LogP contribution in [0.3, 0.4) is 0 Å². The summed E-state index contributed by atoms with van der Waals surface area (Å²) < 4.78 is 0. The second-order valence-corrected chi connectivity index (χ2v) is 26.3. The second-order valence-electron chi connectivity index (χ2n) is 26.3. The van der Waals surface area contributed by atoms with Gasteiger partial charge in [-0.05, 0) is 182 Å². The maximum absolute atomic E-state index is 2.71. The first-order valence-electron chi connectivity index (χ1n) is 34.6. The fraction of sp³-hybridized carbons (Fsp3) is 0. The first-order valence-corrected chi connectivity index (χ1v) is 34.6. The van der Waals surface area contributed by atoms with Crippen molar-refractivity contribution in [2.24, 2.45) is 0 Å². The van der Waals surface area contributed by atoms with Gasteiger partial charge in [0.2, 0.25) is 0 Å². The SMILES string of the molecule is c1ccc(-c2c3ccccc3c(N3c4cc5c(cc4B4c6ccccc6N(c6ccccc6)c6cc(N(c7ccccc7)c7ccccc7)cc3c64)B3c4ccccc4N(c4ccccc4)c4cc(N(c6ccccc6)c6ccccc6)cc(c43)N5c3ccccc3)c3ccccc23)cc1. The Bertz CT molecular complexity index is 5700. The molecule has 0 saturated heterocycles.